The monoisotopic (exact) mass is 321 g/mol. The molecule has 0 aliphatic carbocycles. The van der Waals surface area contributed by atoms with Crippen LogP contribution in [0.1, 0.15) is 49.9 Å². The van der Waals surface area contributed by atoms with E-state index in [0.717, 1.165) is 24.3 Å². The Balaban J connectivity index is 1.38. The number of nitrogens with one attached hydrogen (secondary N) is 1. The Bertz CT molecular complexity index is 629. The lowest BCUT2D eigenvalue weighted by molar-refractivity contribution is 0.106. The maximum Gasteiger partial charge on any atom is 0.0570 e. The Kier molecular flexibility index (Phi) is 4.63. The van der Waals surface area contributed by atoms with Crippen molar-refractivity contribution in [2.45, 2.75) is 63.3 Å². The molecule has 24 heavy (non-hydrogen) atoms. The third kappa shape index (κ3) is 3.38. The van der Waals surface area contributed by atoms with Gasteiger partial charge in [0.05, 0.1) is 5.69 Å². The topological polar surface area (TPSA) is 28.2 Å². The fourth-order valence-electron chi connectivity index (χ4n) is 4.53. The molecule has 4 rings (SSSR count). The van der Waals surface area contributed by atoms with Crippen LogP contribution in [0.4, 0.5) is 0 Å². The third-order valence-corrected chi connectivity index (χ3v) is 5.71. The predicted octanol–water partition coefficient (Wildman–Crippen LogP) is 3.93. The molecule has 2 aliphatic heterocycles. The number of fused-ring (bicyclic) bond motifs is 2. The molecule has 3 heteroatoms. The van der Waals surface area contributed by atoms with Gasteiger partial charge in [-0.05, 0) is 50.3 Å². The molecule has 1 aromatic heterocycles. The smallest absolute Gasteiger partial charge is 0.0570 e. The highest BCUT2D eigenvalue weighted by molar-refractivity contribution is 5.16. The molecule has 2 fully saturated rings. The molecule has 1 unspecified atom stereocenters. The number of hydrogen-bond acceptors (Lipinski definition) is 3. The van der Waals surface area contributed by atoms with E-state index in [2.05, 4.69) is 64.6 Å². The number of hydrogen-bond donors (Lipinski definition) is 1. The van der Waals surface area contributed by atoms with E-state index in [1.165, 1.54) is 31.2 Å². The zero-order valence-electron chi connectivity index (χ0n) is 14.4. The zero-order valence-corrected chi connectivity index (χ0v) is 14.4. The molecule has 2 saturated heterocycles. The highest BCUT2D eigenvalue weighted by Crippen LogP contribution is 2.37. The Morgan fingerprint density at radius 2 is 1.75 bits per heavy atom. The number of aromatic nitrogens is 1. The van der Waals surface area contributed by atoms with E-state index in [1.54, 1.807) is 0 Å². The minimum Gasteiger partial charge on any atom is -0.306 e. The Morgan fingerprint density at radius 3 is 2.42 bits per heavy atom. The van der Waals surface area contributed by atoms with Gasteiger partial charge in [0, 0.05) is 36.9 Å². The van der Waals surface area contributed by atoms with E-state index in [1.807, 2.05) is 12.3 Å². The van der Waals surface area contributed by atoms with Crippen LogP contribution < -0.4 is 5.32 Å². The number of benzene rings is 1. The summed E-state index contributed by atoms with van der Waals surface area (Å²) >= 11 is 0. The summed E-state index contributed by atoms with van der Waals surface area (Å²) in [5.41, 5.74) is 2.60. The first-order valence-electron chi connectivity index (χ1n) is 9.26. The molecular formula is C21H27N3. The average Bonchev–Trinajstić information content (AvgIpc) is 2.86. The van der Waals surface area contributed by atoms with Crippen LogP contribution in [0.25, 0.3) is 0 Å². The maximum absolute atomic E-state index is 4.50. The highest BCUT2D eigenvalue weighted by atomic mass is 15.2. The summed E-state index contributed by atoms with van der Waals surface area (Å²) in [6.45, 7) is 3.35. The van der Waals surface area contributed by atoms with Crippen molar-refractivity contribution in [2.75, 3.05) is 0 Å². The summed E-state index contributed by atoms with van der Waals surface area (Å²) in [5.74, 6) is 0. The molecule has 2 bridgehead atoms. The van der Waals surface area contributed by atoms with Crippen LogP contribution in [0.2, 0.25) is 0 Å². The molecule has 0 spiro atoms. The van der Waals surface area contributed by atoms with Gasteiger partial charge in [-0.1, -0.05) is 36.4 Å². The van der Waals surface area contributed by atoms with Crippen LogP contribution in [-0.2, 0) is 6.54 Å². The number of pyridine rings is 1. The molecule has 4 atom stereocenters. The summed E-state index contributed by atoms with van der Waals surface area (Å²) in [4.78, 5) is 7.24. The van der Waals surface area contributed by atoms with Crippen LogP contribution in [0.15, 0.2) is 54.7 Å². The third-order valence-electron chi connectivity index (χ3n) is 5.71. The summed E-state index contributed by atoms with van der Waals surface area (Å²) in [6.07, 6.45) is 7.13. The lowest BCUT2D eigenvalue weighted by atomic mass is 9.95. The van der Waals surface area contributed by atoms with Gasteiger partial charge in [-0.2, -0.15) is 0 Å². The van der Waals surface area contributed by atoms with Gasteiger partial charge in [-0.15, -0.1) is 0 Å². The highest BCUT2D eigenvalue weighted by Gasteiger charge is 2.40. The van der Waals surface area contributed by atoms with Crippen molar-refractivity contribution in [2.24, 2.45) is 0 Å². The van der Waals surface area contributed by atoms with Gasteiger partial charge in [0.15, 0.2) is 0 Å². The van der Waals surface area contributed by atoms with Crippen molar-refractivity contribution in [1.29, 1.82) is 0 Å². The van der Waals surface area contributed by atoms with Crippen LogP contribution in [-0.4, -0.2) is 28.0 Å². The van der Waals surface area contributed by atoms with Crippen molar-refractivity contribution >= 4 is 0 Å². The molecule has 1 N–H and O–H groups in total. The van der Waals surface area contributed by atoms with Gasteiger partial charge in [-0.3, -0.25) is 9.88 Å². The van der Waals surface area contributed by atoms with Crippen LogP contribution in [0.5, 0.6) is 0 Å². The summed E-state index contributed by atoms with van der Waals surface area (Å²) in [6, 6.07) is 19.5. The largest absolute Gasteiger partial charge is 0.306 e. The lowest BCUT2D eigenvalue weighted by Gasteiger charge is -2.40. The predicted molar refractivity (Wildman–Crippen MR) is 97.6 cm³/mol. The van der Waals surface area contributed by atoms with Crippen LogP contribution in [0.3, 0.4) is 0 Å². The fourth-order valence-corrected chi connectivity index (χ4v) is 4.53. The number of piperidine rings is 1. The van der Waals surface area contributed by atoms with E-state index >= 15 is 0 Å². The first-order chi connectivity index (χ1) is 11.8. The van der Waals surface area contributed by atoms with Gasteiger partial charge in [0.25, 0.3) is 0 Å². The van der Waals surface area contributed by atoms with Crippen molar-refractivity contribution < 1.29 is 0 Å². The second kappa shape index (κ2) is 7.04. The summed E-state index contributed by atoms with van der Waals surface area (Å²) in [7, 11) is 0. The van der Waals surface area contributed by atoms with Gasteiger partial charge >= 0.3 is 0 Å². The standard InChI is InChI=1S/C21H27N3/c1-16(21-9-5-6-12-22-21)23-18-13-19-10-11-20(14-18)24(19)15-17-7-3-2-4-8-17/h2-9,12,16,18-20,23H,10-11,13-15H2,1H3/t16-,18?,19-,20+/m1/s1. The fraction of sp³-hybridized carbons (Fsp3) is 0.476. The van der Waals surface area contributed by atoms with E-state index in [0.29, 0.717) is 12.1 Å². The van der Waals surface area contributed by atoms with Crippen LogP contribution >= 0.6 is 0 Å². The van der Waals surface area contributed by atoms with Crippen molar-refractivity contribution in [1.82, 2.24) is 15.2 Å². The number of nitrogens with zero attached hydrogens (tertiary/aromatic N) is 2. The Hall–Kier alpha value is -1.71. The number of rotatable bonds is 5. The Labute approximate surface area is 145 Å². The van der Waals surface area contributed by atoms with E-state index in [-0.39, 0.29) is 0 Å². The molecule has 2 aromatic rings. The van der Waals surface area contributed by atoms with Gasteiger partial charge < -0.3 is 5.32 Å². The molecule has 3 heterocycles. The minimum absolute atomic E-state index is 0.330. The van der Waals surface area contributed by atoms with Crippen molar-refractivity contribution in [3.8, 4) is 0 Å². The SMILES string of the molecule is C[C@@H](NC1C[C@H]2CC[C@@H](C1)N2Cc1ccccc1)c1ccccn1. The van der Waals surface area contributed by atoms with E-state index < -0.39 is 0 Å². The molecule has 3 nitrogen and oxygen atoms in total. The molecular weight excluding hydrogens is 294 g/mol. The molecule has 1 aromatic carbocycles. The molecule has 2 aliphatic rings. The minimum atomic E-state index is 0.330. The first kappa shape index (κ1) is 15.8. The first-order valence-corrected chi connectivity index (χ1v) is 9.26. The van der Waals surface area contributed by atoms with E-state index in [9.17, 15) is 0 Å². The van der Waals surface area contributed by atoms with Crippen molar-refractivity contribution in [3.05, 3.63) is 66.0 Å². The Morgan fingerprint density at radius 1 is 1.04 bits per heavy atom. The van der Waals surface area contributed by atoms with Gasteiger partial charge in [0.1, 0.15) is 0 Å². The lowest BCUT2D eigenvalue weighted by Crippen LogP contribution is -2.49. The van der Waals surface area contributed by atoms with Crippen molar-refractivity contribution in [3.63, 3.8) is 0 Å². The molecule has 126 valence electrons. The maximum atomic E-state index is 4.50. The van der Waals surface area contributed by atoms with Gasteiger partial charge in [0.2, 0.25) is 0 Å². The molecule has 0 radical (unpaired) electrons. The average molecular weight is 321 g/mol. The zero-order chi connectivity index (χ0) is 16.4. The summed E-state index contributed by atoms with van der Waals surface area (Å²) in [5, 5.41) is 3.83. The molecule has 0 amide bonds. The second-order valence-electron chi connectivity index (χ2n) is 7.35. The normalized spacial score (nSPS) is 28.0. The second-order valence-corrected chi connectivity index (χ2v) is 7.35. The quantitative estimate of drug-likeness (QED) is 0.904. The van der Waals surface area contributed by atoms with Crippen LogP contribution in [0, 0.1) is 0 Å². The summed E-state index contributed by atoms with van der Waals surface area (Å²) < 4.78 is 0. The van der Waals surface area contributed by atoms with Gasteiger partial charge in [-0.25, -0.2) is 0 Å². The molecule has 0 saturated carbocycles. The van der Waals surface area contributed by atoms with E-state index in [4.69, 9.17) is 0 Å².